The summed E-state index contributed by atoms with van der Waals surface area (Å²) in [5.74, 6) is -2.19. The topological polar surface area (TPSA) is 92.9 Å². The lowest BCUT2D eigenvalue weighted by Gasteiger charge is -2.04. The highest BCUT2D eigenvalue weighted by Crippen LogP contribution is 2.20. The van der Waals surface area contributed by atoms with Gasteiger partial charge in [0.05, 0.1) is 7.05 Å². The van der Waals surface area contributed by atoms with Crippen molar-refractivity contribution in [2.24, 2.45) is 7.05 Å². The number of carbonyl (C=O) groups excluding carboxylic acids is 1. The zero-order valence-corrected chi connectivity index (χ0v) is 8.75. The molecule has 8 heteroatoms. The van der Waals surface area contributed by atoms with Gasteiger partial charge in [-0.05, 0) is 17.3 Å². The number of aryl methyl sites for hydroxylation is 1. The third kappa shape index (κ3) is 2.19. The average Bonchev–Trinajstić information content (AvgIpc) is 2.63. The molecule has 7 nitrogen and oxygen atoms in total. The standard InChI is InChI=1S/C9H8FN5O2/c1-15-13-9(12-14-15)11-8(17)7-5(10)3-2-4-6(7)16/h2-4,16H,1H3,(H,11,13,17). The number of hydrogen-bond acceptors (Lipinski definition) is 5. The van der Waals surface area contributed by atoms with Gasteiger partial charge in [0.1, 0.15) is 17.1 Å². The zero-order valence-electron chi connectivity index (χ0n) is 8.75. The Labute approximate surface area is 94.9 Å². The van der Waals surface area contributed by atoms with Crippen LogP contribution in [0.3, 0.4) is 0 Å². The molecule has 1 aromatic heterocycles. The van der Waals surface area contributed by atoms with Crippen LogP contribution in [-0.2, 0) is 7.05 Å². The largest absolute Gasteiger partial charge is 0.507 e. The van der Waals surface area contributed by atoms with E-state index in [4.69, 9.17) is 0 Å². The third-order valence-corrected chi connectivity index (χ3v) is 1.95. The van der Waals surface area contributed by atoms with Crippen LogP contribution in [0.1, 0.15) is 10.4 Å². The Morgan fingerprint density at radius 3 is 2.88 bits per heavy atom. The fourth-order valence-electron chi connectivity index (χ4n) is 1.24. The predicted octanol–water partition coefficient (Wildman–Crippen LogP) is 0.307. The van der Waals surface area contributed by atoms with E-state index in [1.807, 2.05) is 0 Å². The maximum Gasteiger partial charge on any atom is 0.270 e. The predicted molar refractivity (Wildman–Crippen MR) is 54.8 cm³/mol. The van der Waals surface area contributed by atoms with E-state index >= 15 is 0 Å². The Morgan fingerprint density at radius 1 is 1.53 bits per heavy atom. The van der Waals surface area contributed by atoms with E-state index in [0.717, 1.165) is 10.9 Å². The summed E-state index contributed by atoms with van der Waals surface area (Å²) < 4.78 is 13.3. The van der Waals surface area contributed by atoms with Crippen LogP contribution in [-0.4, -0.2) is 31.2 Å². The van der Waals surface area contributed by atoms with Crippen LogP contribution in [0.5, 0.6) is 5.75 Å². The molecule has 0 fully saturated rings. The summed E-state index contributed by atoms with van der Waals surface area (Å²) in [7, 11) is 1.52. The molecule has 1 amide bonds. The molecule has 0 atom stereocenters. The number of aromatic nitrogens is 4. The van der Waals surface area contributed by atoms with Crippen molar-refractivity contribution in [3.05, 3.63) is 29.6 Å². The summed E-state index contributed by atoms with van der Waals surface area (Å²) in [6.07, 6.45) is 0. The zero-order chi connectivity index (χ0) is 12.4. The number of nitrogens with zero attached hydrogens (tertiary/aromatic N) is 4. The van der Waals surface area contributed by atoms with Crippen LogP contribution in [0.15, 0.2) is 18.2 Å². The highest BCUT2D eigenvalue weighted by atomic mass is 19.1. The average molecular weight is 237 g/mol. The van der Waals surface area contributed by atoms with Crippen molar-refractivity contribution in [1.29, 1.82) is 0 Å². The highest BCUT2D eigenvalue weighted by molar-refractivity contribution is 6.05. The molecule has 0 aliphatic carbocycles. The van der Waals surface area contributed by atoms with Gasteiger partial charge in [0.25, 0.3) is 11.9 Å². The number of phenols is 1. The van der Waals surface area contributed by atoms with Crippen molar-refractivity contribution >= 4 is 11.9 Å². The van der Waals surface area contributed by atoms with Crippen molar-refractivity contribution in [1.82, 2.24) is 20.2 Å². The summed E-state index contributed by atoms with van der Waals surface area (Å²) >= 11 is 0. The molecule has 0 saturated carbocycles. The minimum absolute atomic E-state index is 0.0693. The van der Waals surface area contributed by atoms with Crippen molar-refractivity contribution < 1.29 is 14.3 Å². The Morgan fingerprint density at radius 2 is 2.29 bits per heavy atom. The van der Waals surface area contributed by atoms with Crippen molar-refractivity contribution in [3.8, 4) is 5.75 Å². The molecule has 2 rings (SSSR count). The summed E-state index contributed by atoms with van der Waals surface area (Å²) in [5, 5.41) is 22.3. The van der Waals surface area contributed by atoms with E-state index < -0.39 is 23.0 Å². The van der Waals surface area contributed by atoms with Crippen molar-refractivity contribution in [2.75, 3.05) is 5.32 Å². The number of nitrogens with one attached hydrogen (secondary N) is 1. The summed E-state index contributed by atoms with van der Waals surface area (Å²) in [5.41, 5.74) is -0.458. The summed E-state index contributed by atoms with van der Waals surface area (Å²) in [6.45, 7) is 0. The molecule has 0 radical (unpaired) electrons. The van der Waals surface area contributed by atoms with Gasteiger partial charge < -0.3 is 5.11 Å². The number of benzene rings is 1. The van der Waals surface area contributed by atoms with Gasteiger partial charge in [-0.15, -0.1) is 5.10 Å². The van der Waals surface area contributed by atoms with E-state index in [-0.39, 0.29) is 5.95 Å². The van der Waals surface area contributed by atoms with Gasteiger partial charge in [0.2, 0.25) is 0 Å². The Balaban J connectivity index is 2.26. The maximum absolute atomic E-state index is 13.3. The number of amides is 1. The first-order valence-corrected chi connectivity index (χ1v) is 4.61. The molecule has 2 N–H and O–H groups in total. The molecule has 0 aliphatic heterocycles. The molecular weight excluding hydrogens is 229 g/mol. The smallest absolute Gasteiger partial charge is 0.270 e. The molecule has 88 valence electrons. The summed E-state index contributed by atoms with van der Waals surface area (Å²) in [4.78, 5) is 12.8. The molecule has 0 unspecified atom stereocenters. The van der Waals surface area contributed by atoms with Crippen LogP contribution < -0.4 is 5.32 Å². The molecule has 0 spiro atoms. The number of carbonyl (C=O) groups is 1. The van der Waals surface area contributed by atoms with Gasteiger partial charge in [0.15, 0.2) is 0 Å². The molecular formula is C9H8FN5O2. The number of aromatic hydroxyl groups is 1. The normalized spacial score (nSPS) is 10.2. The Kier molecular flexibility index (Phi) is 2.69. The third-order valence-electron chi connectivity index (χ3n) is 1.95. The van der Waals surface area contributed by atoms with Crippen molar-refractivity contribution in [2.45, 2.75) is 0 Å². The number of anilines is 1. The number of phenolic OH excluding ortho intramolecular Hbond substituents is 1. The Bertz CT molecular complexity index is 548. The van der Waals surface area contributed by atoms with Gasteiger partial charge in [-0.1, -0.05) is 11.2 Å². The minimum Gasteiger partial charge on any atom is -0.507 e. The molecule has 0 bridgehead atoms. The SMILES string of the molecule is Cn1nnc(NC(=O)c2c(O)cccc2F)n1. The van der Waals surface area contributed by atoms with Gasteiger partial charge in [-0.25, -0.2) is 4.39 Å². The number of rotatable bonds is 2. The molecule has 0 saturated heterocycles. The molecule has 1 heterocycles. The van der Waals surface area contributed by atoms with Crippen molar-refractivity contribution in [3.63, 3.8) is 0 Å². The van der Waals surface area contributed by atoms with Gasteiger partial charge in [0, 0.05) is 0 Å². The molecule has 17 heavy (non-hydrogen) atoms. The quantitative estimate of drug-likeness (QED) is 0.783. The lowest BCUT2D eigenvalue weighted by atomic mass is 10.2. The molecule has 1 aromatic carbocycles. The first-order chi connectivity index (χ1) is 8.08. The fourth-order valence-corrected chi connectivity index (χ4v) is 1.24. The van der Waals surface area contributed by atoms with E-state index in [2.05, 4.69) is 20.7 Å². The second-order valence-corrected chi connectivity index (χ2v) is 3.19. The first kappa shape index (κ1) is 11.0. The van der Waals surface area contributed by atoms with E-state index in [1.54, 1.807) is 0 Å². The second kappa shape index (κ2) is 4.16. The van der Waals surface area contributed by atoms with Crippen LogP contribution in [0.4, 0.5) is 10.3 Å². The maximum atomic E-state index is 13.3. The molecule has 0 aliphatic rings. The fraction of sp³-hybridized carbons (Fsp3) is 0.111. The van der Waals surface area contributed by atoms with E-state index in [9.17, 15) is 14.3 Å². The van der Waals surface area contributed by atoms with E-state index in [0.29, 0.717) is 0 Å². The summed E-state index contributed by atoms with van der Waals surface area (Å²) in [6, 6.07) is 3.57. The monoisotopic (exact) mass is 237 g/mol. The number of tetrazole rings is 1. The highest BCUT2D eigenvalue weighted by Gasteiger charge is 2.17. The van der Waals surface area contributed by atoms with Crippen LogP contribution in [0.25, 0.3) is 0 Å². The van der Waals surface area contributed by atoms with Crippen LogP contribution in [0.2, 0.25) is 0 Å². The number of halogens is 1. The lowest BCUT2D eigenvalue weighted by molar-refractivity contribution is 0.101. The van der Waals surface area contributed by atoms with E-state index in [1.165, 1.54) is 19.2 Å². The van der Waals surface area contributed by atoms with Gasteiger partial charge in [-0.2, -0.15) is 4.80 Å². The first-order valence-electron chi connectivity index (χ1n) is 4.61. The number of hydrogen-bond donors (Lipinski definition) is 2. The second-order valence-electron chi connectivity index (χ2n) is 3.19. The lowest BCUT2D eigenvalue weighted by Crippen LogP contribution is -2.15. The van der Waals surface area contributed by atoms with Gasteiger partial charge in [-0.3, -0.25) is 10.1 Å². The minimum atomic E-state index is -0.839. The van der Waals surface area contributed by atoms with Gasteiger partial charge >= 0.3 is 0 Å². The molecule has 2 aromatic rings. The van der Waals surface area contributed by atoms with Crippen LogP contribution in [0, 0.1) is 5.82 Å². The Hall–Kier alpha value is -2.51. The van der Waals surface area contributed by atoms with Crippen LogP contribution >= 0.6 is 0 Å².